The van der Waals surface area contributed by atoms with Crippen molar-refractivity contribution < 1.29 is 4.79 Å². The molecule has 4 nitrogen and oxygen atoms in total. The summed E-state index contributed by atoms with van der Waals surface area (Å²) in [7, 11) is 0. The zero-order chi connectivity index (χ0) is 14.8. The van der Waals surface area contributed by atoms with Gasteiger partial charge in [-0.15, -0.1) is 0 Å². The van der Waals surface area contributed by atoms with Crippen molar-refractivity contribution in [1.82, 2.24) is 9.80 Å². The van der Waals surface area contributed by atoms with Crippen molar-refractivity contribution in [2.75, 3.05) is 31.9 Å². The maximum absolute atomic E-state index is 12.5. The summed E-state index contributed by atoms with van der Waals surface area (Å²) in [6.45, 7) is 4.21. The van der Waals surface area contributed by atoms with Crippen molar-refractivity contribution in [3.8, 4) is 0 Å². The minimum Gasteiger partial charge on any atom is -0.398 e. The van der Waals surface area contributed by atoms with E-state index < -0.39 is 0 Å². The summed E-state index contributed by atoms with van der Waals surface area (Å²) in [6, 6.07) is 6.10. The molecule has 2 fully saturated rings. The largest absolute Gasteiger partial charge is 0.398 e. The summed E-state index contributed by atoms with van der Waals surface area (Å²) in [5.74, 6) is 0.121. The number of rotatable bonds is 2. The van der Waals surface area contributed by atoms with Gasteiger partial charge in [0.2, 0.25) is 0 Å². The average Bonchev–Trinajstić information content (AvgIpc) is 3.04. The molecule has 114 valence electrons. The molecule has 0 aromatic heterocycles. The van der Waals surface area contributed by atoms with E-state index in [1.165, 1.54) is 25.9 Å². The van der Waals surface area contributed by atoms with E-state index in [1.807, 2.05) is 17.0 Å². The van der Waals surface area contributed by atoms with E-state index in [9.17, 15) is 4.79 Å². The molecule has 1 amide bonds. The molecule has 0 unspecified atom stereocenters. The van der Waals surface area contributed by atoms with Gasteiger partial charge < -0.3 is 15.5 Å². The summed E-state index contributed by atoms with van der Waals surface area (Å²) in [4.78, 5) is 17.1. The van der Waals surface area contributed by atoms with Crippen molar-refractivity contribution in [3.63, 3.8) is 0 Å². The standard InChI is InChI=1S/C16H22BrN3O/c17-14-11-12(3-4-15(14)18)16(21)20-9-5-13(6-10-20)19-7-1-2-8-19/h3-4,11,13H,1-2,5-10,18H2. The van der Waals surface area contributed by atoms with E-state index in [0.717, 1.165) is 36.0 Å². The first kappa shape index (κ1) is 14.9. The molecular formula is C16H22BrN3O. The molecule has 2 aliphatic rings. The predicted octanol–water partition coefficient (Wildman–Crippen LogP) is 2.73. The molecule has 2 saturated heterocycles. The van der Waals surface area contributed by atoms with Crippen molar-refractivity contribution in [2.45, 2.75) is 31.7 Å². The number of nitrogens with two attached hydrogens (primary N) is 1. The summed E-state index contributed by atoms with van der Waals surface area (Å²) >= 11 is 3.39. The molecule has 0 atom stereocenters. The first-order chi connectivity index (χ1) is 10.1. The van der Waals surface area contributed by atoms with Crippen molar-refractivity contribution >= 4 is 27.5 Å². The number of hydrogen-bond acceptors (Lipinski definition) is 3. The Morgan fingerprint density at radius 2 is 1.81 bits per heavy atom. The average molecular weight is 352 g/mol. The van der Waals surface area contributed by atoms with Gasteiger partial charge in [-0.3, -0.25) is 4.79 Å². The fourth-order valence-corrected chi connectivity index (χ4v) is 3.76. The van der Waals surface area contributed by atoms with Crippen LogP contribution in [-0.2, 0) is 0 Å². The second-order valence-electron chi connectivity index (χ2n) is 6.00. The lowest BCUT2D eigenvalue weighted by Gasteiger charge is -2.36. The highest BCUT2D eigenvalue weighted by atomic mass is 79.9. The second kappa shape index (κ2) is 6.36. The van der Waals surface area contributed by atoms with Crippen LogP contribution in [-0.4, -0.2) is 47.9 Å². The summed E-state index contributed by atoms with van der Waals surface area (Å²) < 4.78 is 0.792. The van der Waals surface area contributed by atoms with Crippen LogP contribution < -0.4 is 5.73 Å². The molecular weight excluding hydrogens is 330 g/mol. The Morgan fingerprint density at radius 3 is 2.43 bits per heavy atom. The third kappa shape index (κ3) is 3.24. The fraction of sp³-hybridized carbons (Fsp3) is 0.562. The van der Waals surface area contributed by atoms with Crippen LogP contribution in [0.1, 0.15) is 36.0 Å². The van der Waals surface area contributed by atoms with E-state index in [0.29, 0.717) is 11.7 Å². The number of halogens is 1. The fourth-order valence-electron chi connectivity index (χ4n) is 3.38. The molecule has 0 bridgehead atoms. The van der Waals surface area contributed by atoms with Crippen LogP contribution in [0.4, 0.5) is 5.69 Å². The molecule has 2 N–H and O–H groups in total. The number of carbonyl (C=O) groups excluding carboxylic acids is 1. The van der Waals surface area contributed by atoms with Gasteiger partial charge >= 0.3 is 0 Å². The highest BCUT2D eigenvalue weighted by molar-refractivity contribution is 9.10. The van der Waals surface area contributed by atoms with E-state index >= 15 is 0 Å². The van der Waals surface area contributed by atoms with Crippen LogP contribution in [0, 0.1) is 0 Å². The number of carbonyl (C=O) groups is 1. The molecule has 0 aliphatic carbocycles. The van der Waals surface area contributed by atoms with Crippen molar-refractivity contribution in [3.05, 3.63) is 28.2 Å². The van der Waals surface area contributed by atoms with E-state index in [2.05, 4.69) is 20.8 Å². The Bertz CT molecular complexity index is 520. The number of anilines is 1. The van der Waals surface area contributed by atoms with Crippen molar-refractivity contribution in [2.24, 2.45) is 0 Å². The number of nitrogen functional groups attached to an aromatic ring is 1. The molecule has 3 rings (SSSR count). The maximum atomic E-state index is 12.5. The maximum Gasteiger partial charge on any atom is 0.253 e. The Labute approximate surface area is 134 Å². The molecule has 5 heteroatoms. The van der Waals surface area contributed by atoms with Gasteiger partial charge in [0, 0.05) is 34.9 Å². The van der Waals surface area contributed by atoms with E-state index in [1.54, 1.807) is 6.07 Å². The highest BCUT2D eigenvalue weighted by Crippen LogP contribution is 2.24. The molecule has 2 heterocycles. The van der Waals surface area contributed by atoms with E-state index in [-0.39, 0.29) is 5.91 Å². The number of amides is 1. The zero-order valence-corrected chi connectivity index (χ0v) is 13.8. The Kier molecular flexibility index (Phi) is 4.50. The van der Waals surface area contributed by atoms with Crippen LogP contribution in [0.15, 0.2) is 22.7 Å². The summed E-state index contributed by atoms with van der Waals surface area (Å²) in [5.41, 5.74) is 7.16. The Balaban J connectivity index is 1.60. The third-order valence-electron chi connectivity index (χ3n) is 4.66. The summed E-state index contributed by atoms with van der Waals surface area (Å²) in [6.07, 6.45) is 4.86. The van der Waals surface area contributed by atoms with Gasteiger partial charge in [0.05, 0.1) is 0 Å². The molecule has 0 spiro atoms. The molecule has 1 aromatic rings. The topological polar surface area (TPSA) is 49.6 Å². The lowest BCUT2D eigenvalue weighted by molar-refractivity contribution is 0.0644. The van der Waals surface area contributed by atoms with Gasteiger partial charge in [-0.05, 0) is 72.9 Å². The molecule has 21 heavy (non-hydrogen) atoms. The van der Waals surface area contributed by atoms with Gasteiger partial charge in [-0.25, -0.2) is 0 Å². The number of piperidine rings is 1. The monoisotopic (exact) mass is 351 g/mol. The van der Waals surface area contributed by atoms with Crippen LogP contribution in [0.5, 0.6) is 0 Å². The van der Waals surface area contributed by atoms with Crippen molar-refractivity contribution in [1.29, 1.82) is 0 Å². The van der Waals surface area contributed by atoms with Gasteiger partial charge in [0.25, 0.3) is 5.91 Å². The SMILES string of the molecule is Nc1ccc(C(=O)N2CCC(N3CCCC3)CC2)cc1Br. The van der Waals surface area contributed by atoms with Gasteiger partial charge in [-0.1, -0.05) is 0 Å². The van der Waals surface area contributed by atoms with Gasteiger partial charge in [0.1, 0.15) is 0 Å². The Morgan fingerprint density at radius 1 is 1.14 bits per heavy atom. The van der Waals surface area contributed by atoms with Crippen LogP contribution in [0.2, 0.25) is 0 Å². The minimum atomic E-state index is 0.121. The van der Waals surface area contributed by atoms with Crippen LogP contribution in [0.3, 0.4) is 0 Å². The quantitative estimate of drug-likeness (QED) is 0.833. The highest BCUT2D eigenvalue weighted by Gasteiger charge is 2.28. The molecule has 0 saturated carbocycles. The smallest absolute Gasteiger partial charge is 0.253 e. The first-order valence-electron chi connectivity index (χ1n) is 7.73. The normalized spacial score (nSPS) is 20.9. The van der Waals surface area contributed by atoms with Crippen LogP contribution >= 0.6 is 15.9 Å². The van der Waals surface area contributed by atoms with Crippen LogP contribution in [0.25, 0.3) is 0 Å². The second-order valence-corrected chi connectivity index (χ2v) is 6.86. The number of likely N-dealkylation sites (tertiary alicyclic amines) is 2. The lowest BCUT2D eigenvalue weighted by Crippen LogP contribution is -2.45. The summed E-state index contributed by atoms with van der Waals surface area (Å²) in [5, 5.41) is 0. The molecule has 0 radical (unpaired) electrons. The predicted molar refractivity (Wildman–Crippen MR) is 88.3 cm³/mol. The third-order valence-corrected chi connectivity index (χ3v) is 5.34. The Hall–Kier alpha value is -1.07. The molecule has 2 aliphatic heterocycles. The number of nitrogens with zero attached hydrogens (tertiary/aromatic N) is 2. The number of hydrogen-bond donors (Lipinski definition) is 1. The first-order valence-corrected chi connectivity index (χ1v) is 8.53. The zero-order valence-electron chi connectivity index (χ0n) is 12.2. The minimum absolute atomic E-state index is 0.121. The molecule has 1 aromatic carbocycles. The van der Waals surface area contributed by atoms with Gasteiger partial charge in [0.15, 0.2) is 0 Å². The van der Waals surface area contributed by atoms with E-state index in [4.69, 9.17) is 5.73 Å². The number of benzene rings is 1. The van der Waals surface area contributed by atoms with Gasteiger partial charge in [-0.2, -0.15) is 0 Å². The lowest BCUT2D eigenvalue weighted by atomic mass is 10.0.